The molecule has 3 aromatic rings. The minimum Gasteiger partial charge on any atom is -0.383 e. The summed E-state index contributed by atoms with van der Waals surface area (Å²) in [6, 6.07) is 21.8. The molecule has 172 valence electrons. The van der Waals surface area contributed by atoms with Crippen molar-refractivity contribution in [3.05, 3.63) is 90.3 Å². The van der Waals surface area contributed by atoms with Crippen LogP contribution in [0.5, 0.6) is 0 Å². The Hall–Kier alpha value is -3.45. The molecule has 1 fully saturated rings. The zero-order chi connectivity index (χ0) is 22.9. The molecule has 1 aromatic heterocycles. The van der Waals surface area contributed by atoms with E-state index in [1.807, 2.05) is 66.7 Å². The molecule has 1 aliphatic rings. The first kappa shape index (κ1) is 22.7. The number of rotatable bonds is 7. The van der Waals surface area contributed by atoms with Gasteiger partial charge in [-0.2, -0.15) is 0 Å². The zero-order valence-corrected chi connectivity index (χ0v) is 19.1. The number of guanidine groups is 1. The number of nitrogens with zero attached hydrogens (tertiary/aromatic N) is 5. The SMILES string of the molecule is CCNC(=NCC(O)(Cc1ccccc1)c1ccccc1)N1CCN(c2ncccn2)CC1. The van der Waals surface area contributed by atoms with E-state index in [2.05, 4.69) is 32.0 Å². The molecule has 2 N–H and O–H groups in total. The Labute approximate surface area is 195 Å². The molecular weight excluding hydrogens is 412 g/mol. The van der Waals surface area contributed by atoms with Crippen molar-refractivity contribution in [3.63, 3.8) is 0 Å². The maximum absolute atomic E-state index is 11.8. The average molecular weight is 445 g/mol. The number of hydrogen-bond donors (Lipinski definition) is 2. The number of hydrogen-bond acceptors (Lipinski definition) is 5. The van der Waals surface area contributed by atoms with Gasteiger partial charge in [0.1, 0.15) is 5.60 Å². The predicted molar refractivity (Wildman–Crippen MR) is 132 cm³/mol. The topological polar surface area (TPSA) is 76.9 Å². The van der Waals surface area contributed by atoms with Gasteiger partial charge in [-0.05, 0) is 24.1 Å². The van der Waals surface area contributed by atoms with Crippen molar-refractivity contribution in [1.29, 1.82) is 0 Å². The predicted octanol–water partition coefficient (Wildman–Crippen LogP) is 2.69. The van der Waals surface area contributed by atoms with E-state index in [-0.39, 0.29) is 6.54 Å². The molecule has 2 aromatic carbocycles. The molecule has 7 heteroatoms. The zero-order valence-electron chi connectivity index (χ0n) is 19.1. The lowest BCUT2D eigenvalue weighted by molar-refractivity contribution is 0.0464. The quantitative estimate of drug-likeness (QED) is 0.431. The smallest absolute Gasteiger partial charge is 0.225 e. The van der Waals surface area contributed by atoms with Gasteiger partial charge in [-0.15, -0.1) is 0 Å². The number of aliphatic hydroxyl groups is 1. The number of aromatic nitrogens is 2. The molecule has 33 heavy (non-hydrogen) atoms. The fraction of sp³-hybridized carbons (Fsp3) is 0.346. The first-order valence-electron chi connectivity index (χ1n) is 11.5. The van der Waals surface area contributed by atoms with Gasteiger partial charge in [0.25, 0.3) is 0 Å². The monoisotopic (exact) mass is 444 g/mol. The Morgan fingerprint density at radius 3 is 2.21 bits per heavy atom. The van der Waals surface area contributed by atoms with Crippen LogP contribution in [-0.4, -0.2) is 65.2 Å². The van der Waals surface area contributed by atoms with Crippen molar-refractivity contribution in [3.8, 4) is 0 Å². The van der Waals surface area contributed by atoms with Gasteiger partial charge in [0.15, 0.2) is 5.96 Å². The molecule has 0 bridgehead atoms. The highest BCUT2D eigenvalue weighted by molar-refractivity contribution is 5.80. The Kier molecular flexibility index (Phi) is 7.52. The minimum atomic E-state index is -1.09. The van der Waals surface area contributed by atoms with Crippen molar-refractivity contribution < 1.29 is 5.11 Å². The Balaban J connectivity index is 1.50. The van der Waals surface area contributed by atoms with Crippen LogP contribution in [-0.2, 0) is 12.0 Å². The molecule has 1 atom stereocenters. The standard InChI is InChI=1S/C26H32N6O/c1-2-27-24(31-16-18-32(19-17-31)25-28-14-9-15-29-25)30-21-26(33,23-12-7-4-8-13-23)20-22-10-5-3-6-11-22/h3-15,33H,2,16-21H2,1H3,(H,27,30). The lowest BCUT2D eigenvalue weighted by Gasteiger charge is -2.37. The van der Waals surface area contributed by atoms with Gasteiger partial charge in [0.2, 0.25) is 5.95 Å². The number of nitrogens with one attached hydrogen (secondary N) is 1. The fourth-order valence-electron chi connectivity index (χ4n) is 4.14. The Morgan fingerprint density at radius 1 is 0.939 bits per heavy atom. The first-order chi connectivity index (χ1) is 16.2. The molecule has 2 heterocycles. The van der Waals surface area contributed by atoms with E-state index >= 15 is 0 Å². The van der Waals surface area contributed by atoms with Crippen LogP contribution in [0.3, 0.4) is 0 Å². The maximum Gasteiger partial charge on any atom is 0.225 e. The molecule has 4 rings (SSSR count). The van der Waals surface area contributed by atoms with Gasteiger partial charge < -0.3 is 20.2 Å². The van der Waals surface area contributed by atoms with Gasteiger partial charge in [0, 0.05) is 51.5 Å². The highest BCUT2D eigenvalue weighted by atomic mass is 16.3. The molecule has 1 saturated heterocycles. The van der Waals surface area contributed by atoms with Gasteiger partial charge in [0.05, 0.1) is 6.54 Å². The second-order valence-corrected chi connectivity index (χ2v) is 8.25. The Morgan fingerprint density at radius 2 is 1.58 bits per heavy atom. The van der Waals surface area contributed by atoms with E-state index in [4.69, 9.17) is 4.99 Å². The van der Waals surface area contributed by atoms with E-state index in [0.29, 0.717) is 6.42 Å². The third-order valence-corrected chi connectivity index (χ3v) is 5.89. The maximum atomic E-state index is 11.8. The van der Waals surface area contributed by atoms with Crippen LogP contribution in [0.1, 0.15) is 18.1 Å². The lowest BCUT2D eigenvalue weighted by Crippen LogP contribution is -2.53. The van der Waals surface area contributed by atoms with Gasteiger partial charge in [-0.25, -0.2) is 15.0 Å². The summed E-state index contributed by atoms with van der Waals surface area (Å²) in [6.45, 7) is 6.37. The molecule has 1 unspecified atom stereocenters. The van der Waals surface area contributed by atoms with E-state index in [1.54, 1.807) is 12.4 Å². The summed E-state index contributed by atoms with van der Waals surface area (Å²) in [4.78, 5) is 18.1. The van der Waals surface area contributed by atoms with Gasteiger partial charge in [-0.3, -0.25) is 0 Å². The van der Waals surface area contributed by atoms with Crippen LogP contribution in [0.2, 0.25) is 0 Å². The van der Waals surface area contributed by atoms with Gasteiger partial charge >= 0.3 is 0 Å². The molecular formula is C26H32N6O. The van der Waals surface area contributed by atoms with E-state index in [9.17, 15) is 5.11 Å². The molecule has 1 aliphatic heterocycles. The van der Waals surface area contributed by atoms with Crippen molar-refractivity contribution in [2.24, 2.45) is 4.99 Å². The Bertz CT molecular complexity index is 1010. The van der Waals surface area contributed by atoms with Crippen LogP contribution < -0.4 is 10.2 Å². The largest absolute Gasteiger partial charge is 0.383 e. The third kappa shape index (κ3) is 5.87. The molecule has 0 saturated carbocycles. The second-order valence-electron chi connectivity index (χ2n) is 8.25. The summed E-state index contributed by atoms with van der Waals surface area (Å²) >= 11 is 0. The van der Waals surface area contributed by atoms with Crippen LogP contribution in [0.4, 0.5) is 5.95 Å². The fourth-order valence-corrected chi connectivity index (χ4v) is 4.14. The third-order valence-electron chi connectivity index (χ3n) is 5.89. The highest BCUT2D eigenvalue weighted by Crippen LogP contribution is 2.26. The van der Waals surface area contributed by atoms with Crippen LogP contribution >= 0.6 is 0 Å². The van der Waals surface area contributed by atoms with Crippen molar-refractivity contribution in [2.45, 2.75) is 18.9 Å². The average Bonchev–Trinajstić information content (AvgIpc) is 2.88. The summed E-state index contributed by atoms with van der Waals surface area (Å²) in [6.07, 6.45) is 4.05. The van der Waals surface area contributed by atoms with Crippen molar-refractivity contribution >= 4 is 11.9 Å². The van der Waals surface area contributed by atoms with Crippen LogP contribution in [0.15, 0.2) is 84.1 Å². The summed E-state index contributed by atoms with van der Waals surface area (Å²) in [5, 5.41) is 15.2. The molecule has 0 aliphatic carbocycles. The van der Waals surface area contributed by atoms with Crippen molar-refractivity contribution in [1.82, 2.24) is 20.2 Å². The van der Waals surface area contributed by atoms with E-state index in [0.717, 1.165) is 55.8 Å². The van der Waals surface area contributed by atoms with Crippen molar-refractivity contribution in [2.75, 3.05) is 44.2 Å². The summed E-state index contributed by atoms with van der Waals surface area (Å²) < 4.78 is 0. The molecule has 0 amide bonds. The number of anilines is 1. The normalized spacial score (nSPS) is 16.4. The van der Waals surface area contributed by atoms with Crippen LogP contribution in [0.25, 0.3) is 0 Å². The number of benzene rings is 2. The highest BCUT2D eigenvalue weighted by Gasteiger charge is 2.30. The lowest BCUT2D eigenvalue weighted by atomic mass is 9.87. The summed E-state index contributed by atoms with van der Waals surface area (Å²) in [7, 11) is 0. The first-order valence-corrected chi connectivity index (χ1v) is 11.5. The van der Waals surface area contributed by atoms with E-state index < -0.39 is 5.60 Å². The van der Waals surface area contributed by atoms with E-state index in [1.165, 1.54) is 0 Å². The summed E-state index contributed by atoms with van der Waals surface area (Å²) in [5.41, 5.74) is 0.864. The number of piperazine rings is 1. The molecule has 0 radical (unpaired) electrons. The molecule has 0 spiro atoms. The van der Waals surface area contributed by atoms with Gasteiger partial charge in [-0.1, -0.05) is 60.7 Å². The second kappa shape index (κ2) is 10.9. The summed E-state index contributed by atoms with van der Waals surface area (Å²) in [5.74, 6) is 1.59. The number of aliphatic imine (C=N–C) groups is 1. The van der Waals surface area contributed by atoms with Crippen LogP contribution in [0, 0.1) is 0 Å². The minimum absolute atomic E-state index is 0.274. The molecule has 7 nitrogen and oxygen atoms in total.